The maximum atomic E-state index is 5.53. The lowest BCUT2D eigenvalue weighted by molar-refractivity contribution is 0.312. The average molecular weight is 325 g/mol. The lowest BCUT2D eigenvalue weighted by Crippen LogP contribution is -2.44. The molecule has 0 N–H and O–H groups in total. The van der Waals surface area contributed by atoms with Crippen molar-refractivity contribution in [2.45, 2.75) is 20.4 Å². The SMILES string of the molecule is Cc1c(C)n(Cc2ccco2)c2ncnc(N3CCN(C)CC3)c12. The topological polar surface area (TPSA) is 50.3 Å². The Balaban J connectivity index is 1.80. The Morgan fingerprint density at radius 1 is 1.12 bits per heavy atom. The van der Waals surface area contributed by atoms with E-state index in [1.54, 1.807) is 12.6 Å². The first-order valence-corrected chi connectivity index (χ1v) is 8.41. The molecule has 1 saturated heterocycles. The zero-order chi connectivity index (χ0) is 16.7. The van der Waals surface area contributed by atoms with E-state index in [0.717, 1.165) is 43.4 Å². The van der Waals surface area contributed by atoms with Crippen molar-refractivity contribution in [3.63, 3.8) is 0 Å². The van der Waals surface area contributed by atoms with Gasteiger partial charge in [0.05, 0.1) is 18.2 Å². The normalized spacial score (nSPS) is 16.2. The van der Waals surface area contributed by atoms with Crippen LogP contribution in [0.5, 0.6) is 0 Å². The van der Waals surface area contributed by atoms with Gasteiger partial charge >= 0.3 is 0 Å². The first-order valence-electron chi connectivity index (χ1n) is 8.41. The number of aromatic nitrogens is 3. The summed E-state index contributed by atoms with van der Waals surface area (Å²) in [7, 11) is 2.17. The molecule has 4 rings (SSSR count). The van der Waals surface area contributed by atoms with E-state index in [2.05, 4.69) is 45.2 Å². The second-order valence-electron chi connectivity index (χ2n) is 6.56. The van der Waals surface area contributed by atoms with Gasteiger partial charge in [-0.05, 0) is 38.6 Å². The molecule has 4 heterocycles. The number of furan rings is 1. The summed E-state index contributed by atoms with van der Waals surface area (Å²) in [6.07, 6.45) is 3.40. The zero-order valence-electron chi connectivity index (χ0n) is 14.5. The highest BCUT2D eigenvalue weighted by molar-refractivity contribution is 5.92. The standard InChI is InChI=1S/C18H23N5O/c1-13-14(2)23(11-15-5-4-10-24-15)18-16(13)17(19-12-20-18)22-8-6-21(3)7-9-22/h4-5,10,12H,6-9,11H2,1-3H3. The van der Waals surface area contributed by atoms with Gasteiger partial charge in [0.15, 0.2) is 0 Å². The zero-order valence-corrected chi connectivity index (χ0v) is 14.5. The summed E-state index contributed by atoms with van der Waals surface area (Å²) in [6.45, 7) is 9.15. The van der Waals surface area contributed by atoms with Gasteiger partial charge in [0.25, 0.3) is 0 Å². The average Bonchev–Trinajstić information content (AvgIpc) is 3.19. The van der Waals surface area contributed by atoms with E-state index >= 15 is 0 Å². The maximum Gasteiger partial charge on any atom is 0.146 e. The van der Waals surface area contributed by atoms with Crippen molar-refractivity contribution < 1.29 is 4.42 Å². The van der Waals surface area contributed by atoms with Gasteiger partial charge in [0.1, 0.15) is 23.6 Å². The Labute approximate surface area is 141 Å². The summed E-state index contributed by atoms with van der Waals surface area (Å²) < 4.78 is 7.76. The Morgan fingerprint density at radius 2 is 1.92 bits per heavy atom. The number of hydrogen-bond acceptors (Lipinski definition) is 5. The van der Waals surface area contributed by atoms with Gasteiger partial charge in [-0.2, -0.15) is 0 Å². The molecule has 1 aliphatic heterocycles. The predicted octanol–water partition coefficient (Wildman–Crippen LogP) is 2.44. The first-order chi connectivity index (χ1) is 11.6. The summed E-state index contributed by atoms with van der Waals surface area (Å²) in [5.41, 5.74) is 3.47. The van der Waals surface area contributed by atoms with Crippen LogP contribution in [0.4, 0.5) is 5.82 Å². The maximum absolute atomic E-state index is 5.53. The second-order valence-corrected chi connectivity index (χ2v) is 6.56. The fourth-order valence-corrected chi connectivity index (χ4v) is 3.46. The van der Waals surface area contributed by atoms with E-state index in [9.17, 15) is 0 Å². The van der Waals surface area contributed by atoms with Crippen LogP contribution in [0.25, 0.3) is 11.0 Å². The molecule has 1 fully saturated rings. The van der Waals surface area contributed by atoms with Crippen molar-refractivity contribution in [1.29, 1.82) is 0 Å². The Morgan fingerprint density at radius 3 is 2.62 bits per heavy atom. The molecule has 0 aliphatic carbocycles. The van der Waals surface area contributed by atoms with Gasteiger partial charge < -0.3 is 18.8 Å². The Bertz CT molecular complexity index is 844. The molecule has 0 spiro atoms. The number of rotatable bonds is 3. The Hall–Kier alpha value is -2.34. The number of piperazine rings is 1. The highest BCUT2D eigenvalue weighted by Crippen LogP contribution is 2.31. The van der Waals surface area contributed by atoms with Gasteiger partial charge in [-0.15, -0.1) is 0 Å². The predicted molar refractivity (Wildman–Crippen MR) is 94.5 cm³/mol. The van der Waals surface area contributed by atoms with Crippen LogP contribution in [0.15, 0.2) is 29.1 Å². The summed E-state index contributed by atoms with van der Waals surface area (Å²) in [4.78, 5) is 14.0. The molecule has 3 aromatic rings. The smallest absolute Gasteiger partial charge is 0.146 e. The number of hydrogen-bond donors (Lipinski definition) is 0. The van der Waals surface area contributed by atoms with E-state index in [0.29, 0.717) is 6.54 Å². The summed E-state index contributed by atoms with van der Waals surface area (Å²) in [5, 5.41) is 1.17. The second kappa shape index (κ2) is 5.94. The minimum atomic E-state index is 0.697. The van der Waals surface area contributed by atoms with Crippen LogP contribution < -0.4 is 4.90 Å². The van der Waals surface area contributed by atoms with Gasteiger partial charge in [-0.25, -0.2) is 9.97 Å². The van der Waals surface area contributed by atoms with Gasteiger partial charge in [-0.3, -0.25) is 0 Å². The molecule has 6 nitrogen and oxygen atoms in total. The van der Waals surface area contributed by atoms with E-state index in [1.807, 2.05) is 12.1 Å². The monoisotopic (exact) mass is 325 g/mol. The third-order valence-corrected chi connectivity index (χ3v) is 5.08. The van der Waals surface area contributed by atoms with Crippen molar-refractivity contribution in [3.8, 4) is 0 Å². The minimum absolute atomic E-state index is 0.697. The number of fused-ring (bicyclic) bond motifs is 1. The molecule has 0 atom stereocenters. The lowest BCUT2D eigenvalue weighted by atomic mass is 10.2. The molecule has 0 saturated carbocycles. The summed E-state index contributed by atoms with van der Waals surface area (Å²) >= 11 is 0. The highest BCUT2D eigenvalue weighted by atomic mass is 16.3. The number of anilines is 1. The van der Waals surface area contributed by atoms with Crippen LogP contribution in [-0.4, -0.2) is 52.7 Å². The molecule has 1 aliphatic rings. The highest BCUT2D eigenvalue weighted by Gasteiger charge is 2.22. The van der Waals surface area contributed by atoms with Crippen LogP contribution >= 0.6 is 0 Å². The van der Waals surface area contributed by atoms with Gasteiger partial charge in [0.2, 0.25) is 0 Å². The molecule has 0 unspecified atom stereocenters. The lowest BCUT2D eigenvalue weighted by Gasteiger charge is -2.33. The van der Waals surface area contributed by atoms with Crippen LogP contribution in [0.2, 0.25) is 0 Å². The van der Waals surface area contributed by atoms with Crippen LogP contribution in [0, 0.1) is 13.8 Å². The van der Waals surface area contributed by atoms with E-state index in [4.69, 9.17) is 4.42 Å². The molecule has 0 amide bonds. The van der Waals surface area contributed by atoms with Crippen molar-refractivity contribution in [3.05, 3.63) is 41.7 Å². The van der Waals surface area contributed by atoms with Crippen molar-refractivity contribution >= 4 is 16.9 Å². The quantitative estimate of drug-likeness (QED) is 0.740. The minimum Gasteiger partial charge on any atom is -0.467 e. The van der Waals surface area contributed by atoms with Gasteiger partial charge in [0, 0.05) is 31.9 Å². The molecule has 0 aromatic carbocycles. The Kier molecular flexibility index (Phi) is 3.76. The third-order valence-electron chi connectivity index (χ3n) is 5.08. The van der Waals surface area contributed by atoms with Crippen LogP contribution in [-0.2, 0) is 6.54 Å². The molecule has 0 bridgehead atoms. The molecule has 24 heavy (non-hydrogen) atoms. The van der Waals surface area contributed by atoms with E-state index < -0.39 is 0 Å². The fourth-order valence-electron chi connectivity index (χ4n) is 3.46. The van der Waals surface area contributed by atoms with E-state index in [-0.39, 0.29) is 0 Å². The molecule has 3 aromatic heterocycles. The third kappa shape index (κ3) is 2.47. The first kappa shape index (κ1) is 15.2. The number of aryl methyl sites for hydroxylation is 1. The van der Waals surface area contributed by atoms with Crippen LogP contribution in [0.1, 0.15) is 17.0 Å². The molecular weight excluding hydrogens is 302 g/mol. The fraction of sp³-hybridized carbons (Fsp3) is 0.444. The number of nitrogens with zero attached hydrogens (tertiary/aromatic N) is 5. The number of likely N-dealkylation sites (N-methyl/N-ethyl adjacent to an activating group) is 1. The van der Waals surface area contributed by atoms with Crippen molar-refractivity contribution in [2.24, 2.45) is 0 Å². The molecular formula is C18H23N5O. The van der Waals surface area contributed by atoms with Crippen molar-refractivity contribution in [2.75, 3.05) is 38.1 Å². The largest absolute Gasteiger partial charge is 0.467 e. The molecule has 6 heteroatoms. The van der Waals surface area contributed by atoms with Crippen molar-refractivity contribution in [1.82, 2.24) is 19.4 Å². The summed E-state index contributed by atoms with van der Waals surface area (Å²) in [5.74, 6) is 2.00. The van der Waals surface area contributed by atoms with E-state index in [1.165, 1.54) is 16.6 Å². The van der Waals surface area contributed by atoms with Crippen LogP contribution in [0.3, 0.4) is 0 Å². The molecule has 0 radical (unpaired) electrons. The molecule has 126 valence electrons. The summed E-state index contributed by atoms with van der Waals surface area (Å²) in [6, 6.07) is 3.93. The van der Waals surface area contributed by atoms with Gasteiger partial charge in [-0.1, -0.05) is 0 Å².